The van der Waals surface area contributed by atoms with E-state index in [0.29, 0.717) is 6.61 Å². The van der Waals surface area contributed by atoms with Gasteiger partial charge in [0, 0.05) is 12.7 Å². The predicted octanol–water partition coefficient (Wildman–Crippen LogP) is 2.37. The molecule has 0 aliphatic carbocycles. The summed E-state index contributed by atoms with van der Waals surface area (Å²) in [5, 5.41) is 3.22. The molecule has 0 aliphatic heterocycles. The molecule has 0 atom stereocenters. The van der Waals surface area contributed by atoms with Crippen molar-refractivity contribution in [3.05, 3.63) is 24.0 Å². The maximum absolute atomic E-state index is 5.62. The lowest BCUT2D eigenvalue weighted by atomic mass is 9.88. The third-order valence-corrected chi connectivity index (χ3v) is 2.38. The van der Waals surface area contributed by atoms with E-state index in [9.17, 15) is 0 Å². The number of hydrogen-bond acceptors (Lipinski definition) is 3. The van der Waals surface area contributed by atoms with Gasteiger partial charge in [-0.2, -0.15) is 0 Å². The maximum atomic E-state index is 5.62. The predicted molar refractivity (Wildman–Crippen MR) is 67.0 cm³/mol. The lowest BCUT2D eigenvalue weighted by molar-refractivity contribution is 0.313. The van der Waals surface area contributed by atoms with Crippen molar-refractivity contribution < 1.29 is 4.74 Å². The first kappa shape index (κ1) is 13.0. The van der Waals surface area contributed by atoms with Crippen LogP contribution < -0.4 is 10.1 Å². The topological polar surface area (TPSA) is 34.1 Å². The van der Waals surface area contributed by atoms with E-state index in [1.807, 2.05) is 6.20 Å². The average Bonchev–Trinajstić information content (AvgIpc) is 2.24. The number of hydrogen-bond donors (Lipinski definition) is 1. The highest BCUT2D eigenvalue weighted by molar-refractivity contribution is 5.28. The van der Waals surface area contributed by atoms with Crippen LogP contribution in [0, 0.1) is 0 Å². The minimum Gasteiger partial charge on any atom is -0.491 e. The SMILES string of the molecule is CCNCCOc1cncc(C(C)(C)C)c1. The molecule has 0 unspecified atom stereocenters. The van der Waals surface area contributed by atoms with Crippen LogP contribution in [0.25, 0.3) is 0 Å². The highest BCUT2D eigenvalue weighted by atomic mass is 16.5. The van der Waals surface area contributed by atoms with Crippen LogP contribution in [0.15, 0.2) is 18.5 Å². The lowest BCUT2D eigenvalue weighted by Gasteiger charge is -2.19. The molecule has 1 aromatic rings. The summed E-state index contributed by atoms with van der Waals surface area (Å²) in [4.78, 5) is 4.20. The molecule has 0 amide bonds. The quantitative estimate of drug-likeness (QED) is 0.777. The Kier molecular flexibility index (Phi) is 4.74. The third kappa shape index (κ3) is 4.19. The summed E-state index contributed by atoms with van der Waals surface area (Å²) in [6.07, 6.45) is 3.67. The fourth-order valence-corrected chi connectivity index (χ4v) is 1.33. The highest BCUT2D eigenvalue weighted by Gasteiger charge is 2.14. The standard InChI is InChI=1S/C13H22N2O/c1-5-14-6-7-16-12-8-11(9-15-10-12)13(2,3)4/h8-10,14H,5-7H2,1-4H3. The molecular formula is C13H22N2O. The van der Waals surface area contributed by atoms with Crippen molar-refractivity contribution in [3.8, 4) is 5.75 Å². The molecule has 0 saturated heterocycles. The largest absolute Gasteiger partial charge is 0.491 e. The summed E-state index contributed by atoms with van der Waals surface area (Å²) in [5.41, 5.74) is 1.32. The maximum Gasteiger partial charge on any atom is 0.137 e. The Morgan fingerprint density at radius 2 is 2.06 bits per heavy atom. The van der Waals surface area contributed by atoms with Crippen LogP contribution in [0.1, 0.15) is 33.3 Å². The second-order valence-electron chi connectivity index (χ2n) is 4.86. The van der Waals surface area contributed by atoms with Crippen LogP contribution in [0.2, 0.25) is 0 Å². The van der Waals surface area contributed by atoms with E-state index in [0.717, 1.165) is 18.8 Å². The minimum atomic E-state index is 0.119. The summed E-state index contributed by atoms with van der Waals surface area (Å²) in [6, 6.07) is 2.07. The fourth-order valence-electron chi connectivity index (χ4n) is 1.33. The van der Waals surface area contributed by atoms with Crippen LogP contribution in [-0.2, 0) is 5.41 Å². The molecule has 1 N–H and O–H groups in total. The van der Waals surface area contributed by atoms with Crippen molar-refractivity contribution in [2.45, 2.75) is 33.1 Å². The second-order valence-corrected chi connectivity index (χ2v) is 4.86. The number of likely N-dealkylation sites (N-methyl/N-ethyl adjacent to an activating group) is 1. The zero-order valence-corrected chi connectivity index (χ0v) is 10.7. The van der Waals surface area contributed by atoms with Crippen molar-refractivity contribution in [2.75, 3.05) is 19.7 Å². The van der Waals surface area contributed by atoms with Crippen molar-refractivity contribution in [2.24, 2.45) is 0 Å². The fraction of sp³-hybridized carbons (Fsp3) is 0.615. The summed E-state index contributed by atoms with van der Waals surface area (Å²) in [7, 11) is 0. The molecular weight excluding hydrogens is 200 g/mol. The molecule has 90 valence electrons. The molecule has 0 aliphatic rings. The molecule has 1 aromatic heterocycles. The van der Waals surface area contributed by atoms with Gasteiger partial charge in [-0.25, -0.2) is 0 Å². The Hall–Kier alpha value is -1.09. The summed E-state index contributed by atoms with van der Waals surface area (Å²) < 4.78 is 5.62. The lowest BCUT2D eigenvalue weighted by Crippen LogP contribution is -2.20. The van der Waals surface area contributed by atoms with Gasteiger partial charge in [0.2, 0.25) is 0 Å². The van der Waals surface area contributed by atoms with E-state index < -0.39 is 0 Å². The molecule has 16 heavy (non-hydrogen) atoms. The number of ether oxygens (including phenoxy) is 1. The Balaban J connectivity index is 2.54. The number of nitrogens with zero attached hydrogens (tertiary/aromatic N) is 1. The first-order valence-corrected chi connectivity index (χ1v) is 5.83. The molecule has 1 rings (SSSR count). The van der Waals surface area contributed by atoms with Gasteiger partial charge < -0.3 is 10.1 Å². The van der Waals surface area contributed by atoms with E-state index in [4.69, 9.17) is 4.74 Å². The molecule has 0 radical (unpaired) electrons. The first-order chi connectivity index (χ1) is 7.54. The normalized spacial score (nSPS) is 11.5. The van der Waals surface area contributed by atoms with Gasteiger partial charge in [-0.1, -0.05) is 27.7 Å². The second kappa shape index (κ2) is 5.85. The van der Waals surface area contributed by atoms with E-state index in [1.165, 1.54) is 5.56 Å². The Morgan fingerprint density at radius 3 is 2.69 bits per heavy atom. The van der Waals surface area contributed by atoms with Crippen molar-refractivity contribution in [3.63, 3.8) is 0 Å². The van der Waals surface area contributed by atoms with Crippen molar-refractivity contribution in [1.82, 2.24) is 10.3 Å². The van der Waals surface area contributed by atoms with E-state index >= 15 is 0 Å². The number of rotatable bonds is 5. The third-order valence-electron chi connectivity index (χ3n) is 2.38. The molecule has 3 nitrogen and oxygen atoms in total. The zero-order valence-electron chi connectivity index (χ0n) is 10.7. The highest BCUT2D eigenvalue weighted by Crippen LogP contribution is 2.24. The van der Waals surface area contributed by atoms with Gasteiger partial charge in [-0.3, -0.25) is 4.98 Å². The smallest absolute Gasteiger partial charge is 0.137 e. The van der Waals surface area contributed by atoms with Crippen LogP contribution in [0.5, 0.6) is 5.75 Å². The summed E-state index contributed by atoms with van der Waals surface area (Å²) >= 11 is 0. The number of aromatic nitrogens is 1. The molecule has 0 aromatic carbocycles. The Labute approximate surface area is 98.2 Å². The average molecular weight is 222 g/mol. The van der Waals surface area contributed by atoms with Crippen LogP contribution in [0.3, 0.4) is 0 Å². The van der Waals surface area contributed by atoms with Gasteiger partial charge in [0.1, 0.15) is 12.4 Å². The molecule has 0 fully saturated rings. The molecule has 3 heteroatoms. The molecule has 1 heterocycles. The van der Waals surface area contributed by atoms with Gasteiger partial charge >= 0.3 is 0 Å². The minimum absolute atomic E-state index is 0.119. The van der Waals surface area contributed by atoms with Gasteiger partial charge in [0.15, 0.2) is 0 Å². The number of pyridine rings is 1. The van der Waals surface area contributed by atoms with E-state index in [1.54, 1.807) is 6.20 Å². The Bertz CT molecular complexity index is 318. The van der Waals surface area contributed by atoms with Gasteiger partial charge in [0.25, 0.3) is 0 Å². The van der Waals surface area contributed by atoms with Crippen LogP contribution >= 0.6 is 0 Å². The first-order valence-electron chi connectivity index (χ1n) is 5.83. The monoisotopic (exact) mass is 222 g/mol. The van der Waals surface area contributed by atoms with Gasteiger partial charge in [-0.15, -0.1) is 0 Å². The molecule has 0 bridgehead atoms. The summed E-state index contributed by atoms with van der Waals surface area (Å²) in [6.45, 7) is 11.1. The van der Waals surface area contributed by atoms with Gasteiger partial charge in [-0.05, 0) is 23.6 Å². The van der Waals surface area contributed by atoms with Crippen LogP contribution in [-0.4, -0.2) is 24.7 Å². The van der Waals surface area contributed by atoms with Crippen molar-refractivity contribution in [1.29, 1.82) is 0 Å². The van der Waals surface area contributed by atoms with Crippen LogP contribution in [0.4, 0.5) is 0 Å². The van der Waals surface area contributed by atoms with Gasteiger partial charge in [0.05, 0.1) is 6.20 Å². The molecule has 0 saturated carbocycles. The molecule has 0 spiro atoms. The zero-order chi connectivity index (χ0) is 12.0. The van der Waals surface area contributed by atoms with Crippen molar-refractivity contribution >= 4 is 0 Å². The number of nitrogens with one attached hydrogen (secondary N) is 1. The van der Waals surface area contributed by atoms with E-state index in [2.05, 4.69) is 44.1 Å². The summed E-state index contributed by atoms with van der Waals surface area (Å²) in [5.74, 6) is 0.852. The Morgan fingerprint density at radius 1 is 1.31 bits per heavy atom. The van der Waals surface area contributed by atoms with E-state index in [-0.39, 0.29) is 5.41 Å².